The van der Waals surface area contributed by atoms with E-state index in [9.17, 15) is 4.79 Å². The van der Waals surface area contributed by atoms with Crippen molar-refractivity contribution in [3.8, 4) is 5.75 Å². The van der Waals surface area contributed by atoms with Crippen LogP contribution in [0.15, 0.2) is 53.6 Å². The number of nitrogens with zero attached hydrogens (tertiary/aromatic N) is 3. The molecule has 2 aliphatic heterocycles. The summed E-state index contributed by atoms with van der Waals surface area (Å²) in [7, 11) is 1.65. The second-order valence-electron chi connectivity index (χ2n) is 7.53. The molecule has 0 N–H and O–H groups in total. The largest absolute Gasteiger partial charge is 0.497 e. The van der Waals surface area contributed by atoms with E-state index in [-0.39, 0.29) is 11.9 Å². The first kappa shape index (κ1) is 19.6. The van der Waals surface area contributed by atoms with Crippen LogP contribution < -0.4 is 4.74 Å². The maximum atomic E-state index is 13.2. The van der Waals surface area contributed by atoms with Crippen LogP contribution in [0.4, 0.5) is 0 Å². The van der Waals surface area contributed by atoms with E-state index in [1.807, 2.05) is 24.3 Å². The Kier molecular flexibility index (Phi) is 5.92. The number of benzene rings is 2. The van der Waals surface area contributed by atoms with Crippen molar-refractivity contribution in [1.29, 1.82) is 0 Å². The Hall–Kier alpha value is -2.70. The van der Waals surface area contributed by atoms with Gasteiger partial charge < -0.3 is 9.47 Å². The van der Waals surface area contributed by atoms with Crippen molar-refractivity contribution < 1.29 is 14.3 Å². The number of ether oxygens (including phenoxy) is 2. The fraction of sp³-hybridized carbons (Fsp3) is 0.391. The number of amides is 1. The van der Waals surface area contributed by atoms with Gasteiger partial charge in [0.25, 0.3) is 5.91 Å². The lowest BCUT2D eigenvalue weighted by molar-refractivity contribution is -0.135. The van der Waals surface area contributed by atoms with Crippen molar-refractivity contribution in [2.75, 3.05) is 40.0 Å². The third-order valence-corrected chi connectivity index (χ3v) is 5.51. The molecule has 0 aromatic heterocycles. The summed E-state index contributed by atoms with van der Waals surface area (Å²) in [4.78, 5) is 15.3. The van der Waals surface area contributed by atoms with E-state index in [1.165, 1.54) is 5.56 Å². The van der Waals surface area contributed by atoms with Crippen LogP contribution >= 0.6 is 0 Å². The number of carbonyl (C=O) groups excluding carboxylic acids is 1. The van der Waals surface area contributed by atoms with E-state index in [0.717, 1.165) is 35.7 Å². The topological polar surface area (TPSA) is 54.4 Å². The molecule has 1 amide bonds. The van der Waals surface area contributed by atoms with Crippen molar-refractivity contribution in [3.05, 3.63) is 65.2 Å². The van der Waals surface area contributed by atoms with E-state index < -0.39 is 0 Å². The molecule has 0 spiro atoms. The second-order valence-corrected chi connectivity index (χ2v) is 7.53. The predicted molar refractivity (Wildman–Crippen MR) is 112 cm³/mol. The number of hydrogen-bond donors (Lipinski definition) is 0. The number of rotatable bonds is 5. The van der Waals surface area contributed by atoms with Crippen LogP contribution in [0, 0.1) is 6.92 Å². The van der Waals surface area contributed by atoms with Crippen LogP contribution in [-0.2, 0) is 9.53 Å². The molecule has 1 fully saturated rings. The molecule has 0 bridgehead atoms. The van der Waals surface area contributed by atoms with Gasteiger partial charge in [0.15, 0.2) is 0 Å². The highest BCUT2D eigenvalue weighted by molar-refractivity contribution is 6.03. The summed E-state index contributed by atoms with van der Waals surface area (Å²) in [5.74, 6) is 0.837. The third-order valence-electron chi connectivity index (χ3n) is 5.51. The van der Waals surface area contributed by atoms with Crippen molar-refractivity contribution in [2.45, 2.75) is 19.4 Å². The van der Waals surface area contributed by atoms with Gasteiger partial charge in [0, 0.05) is 19.5 Å². The number of morpholine rings is 1. The first-order chi connectivity index (χ1) is 14.1. The van der Waals surface area contributed by atoms with Gasteiger partial charge in [-0.15, -0.1) is 0 Å². The third kappa shape index (κ3) is 4.49. The van der Waals surface area contributed by atoms with Gasteiger partial charge >= 0.3 is 0 Å². The summed E-state index contributed by atoms with van der Waals surface area (Å²) >= 11 is 0. The molecule has 152 valence electrons. The molecule has 29 heavy (non-hydrogen) atoms. The monoisotopic (exact) mass is 393 g/mol. The van der Waals surface area contributed by atoms with Crippen LogP contribution in [0.25, 0.3) is 0 Å². The minimum atomic E-state index is -0.0822. The lowest BCUT2D eigenvalue weighted by atomic mass is 9.97. The van der Waals surface area contributed by atoms with Crippen LogP contribution in [0.5, 0.6) is 5.75 Å². The molecule has 2 aliphatic rings. The van der Waals surface area contributed by atoms with E-state index >= 15 is 0 Å². The van der Waals surface area contributed by atoms with Gasteiger partial charge in [-0.3, -0.25) is 9.69 Å². The molecule has 1 saturated heterocycles. The highest BCUT2D eigenvalue weighted by Gasteiger charge is 2.33. The van der Waals surface area contributed by atoms with E-state index in [1.54, 1.807) is 12.1 Å². The Balaban J connectivity index is 1.59. The maximum Gasteiger partial charge on any atom is 0.257 e. The zero-order valence-corrected chi connectivity index (χ0v) is 17.0. The molecule has 6 nitrogen and oxygen atoms in total. The smallest absolute Gasteiger partial charge is 0.257 e. The minimum absolute atomic E-state index is 0.0287. The molecule has 0 radical (unpaired) electrons. The zero-order valence-electron chi connectivity index (χ0n) is 17.0. The minimum Gasteiger partial charge on any atom is -0.497 e. The average molecular weight is 393 g/mol. The fourth-order valence-corrected chi connectivity index (χ4v) is 3.77. The molecule has 0 unspecified atom stereocenters. The predicted octanol–water partition coefficient (Wildman–Crippen LogP) is 3.01. The molecule has 2 aromatic carbocycles. The van der Waals surface area contributed by atoms with Crippen LogP contribution in [0.3, 0.4) is 0 Å². The Morgan fingerprint density at radius 1 is 1.10 bits per heavy atom. The van der Waals surface area contributed by atoms with E-state index in [2.05, 4.69) is 36.1 Å². The number of hydrazone groups is 1. The lowest BCUT2D eigenvalue weighted by Crippen LogP contribution is -2.43. The summed E-state index contributed by atoms with van der Waals surface area (Å²) in [6, 6.07) is 16.1. The molecule has 0 aliphatic carbocycles. The van der Waals surface area contributed by atoms with Gasteiger partial charge in [-0.05, 0) is 42.3 Å². The first-order valence-electron chi connectivity index (χ1n) is 10.0. The Labute approximate surface area is 171 Å². The van der Waals surface area contributed by atoms with Gasteiger partial charge in [0.2, 0.25) is 0 Å². The van der Waals surface area contributed by atoms with Gasteiger partial charge in [-0.25, -0.2) is 5.01 Å². The molecular formula is C23H27N3O3. The van der Waals surface area contributed by atoms with Crippen LogP contribution in [0.1, 0.15) is 29.2 Å². The standard InChI is InChI=1S/C23H27N3O3/c1-17-3-5-19(6-4-17)22-15-21(18-7-9-20(28-2)10-8-18)24-26(22)23(27)16-25-11-13-29-14-12-25/h3-10,22H,11-16H2,1-2H3/t22-/m0/s1. The molecule has 4 rings (SSSR count). The van der Waals surface area contributed by atoms with Crippen LogP contribution in [-0.4, -0.2) is 61.5 Å². The van der Waals surface area contributed by atoms with Gasteiger partial charge in [0.1, 0.15) is 5.75 Å². The molecule has 0 saturated carbocycles. The maximum absolute atomic E-state index is 13.2. The van der Waals surface area contributed by atoms with Crippen molar-refractivity contribution in [3.63, 3.8) is 0 Å². The lowest BCUT2D eigenvalue weighted by Gasteiger charge is -2.29. The van der Waals surface area contributed by atoms with Crippen molar-refractivity contribution in [1.82, 2.24) is 9.91 Å². The number of hydrogen-bond acceptors (Lipinski definition) is 5. The summed E-state index contributed by atoms with van der Waals surface area (Å²) < 4.78 is 10.7. The normalized spacial score (nSPS) is 19.9. The van der Waals surface area contributed by atoms with Gasteiger partial charge in [-0.2, -0.15) is 5.10 Å². The molecule has 2 heterocycles. The fourth-order valence-electron chi connectivity index (χ4n) is 3.77. The first-order valence-corrected chi connectivity index (χ1v) is 10.0. The SMILES string of the molecule is COc1ccc(C2=NN(C(=O)CN3CCOCC3)[C@H](c3ccc(C)cc3)C2)cc1. The zero-order chi connectivity index (χ0) is 20.2. The summed E-state index contributed by atoms with van der Waals surface area (Å²) in [6.07, 6.45) is 0.699. The van der Waals surface area contributed by atoms with Crippen LogP contribution in [0.2, 0.25) is 0 Å². The highest BCUT2D eigenvalue weighted by Crippen LogP contribution is 2.33. The van der Waals surface area contributed by atoms with Crippen molar-refractivity contribution in [2.24, 2.45) is 5.10 Å². The highest BCUT2D eigenvalue weighted by atomic mass is 16.5. The van der Waals surface area contributed by atoms with E-state index in [0.29, 0.717) is 26.2 Å². The molecular weight excluding hydrogens is 366 g/mol. The second kappa shape index (κ2) is 8.76. The van der Waals surface area contributed by atoms with Gasteiger partial charge in [-0.1, -0.05) is 29.8 Å². The van der Waals surface area contributed by atoms with E-state index in [4.69, 9.17) is 14.6 Å². The van der Waals surface area contributed by atoms with Gasteiger partial charge in [0.05, 0.1) is 38.6 Å². The molecule has 2 aromatic rings. The Morgan fingerprint density at radius 2 is 1.79 bits per heavy atom. The summed E-state index contributed by atoms with van der Waals surface area (Å²) in [6.45, 7) is 5.35. The summed E-state index contributed by atoms with van der Waals surface area (Å²) in [5, 5.41) is 6.44. The Morgan fingerprint density at radius 3 is 2.45 bits per heavy atom. The molecule has 1 atom stereocenters. The Bertz CT molecular complexity index is 871. The number of carbonyl (C=O) groups is 1. The average Bonchev–Trinajstić information content (AvgIpc) is 3.21. The quantitative estimate of drug-likeness (QED) is 0.784. The summed E-state index contributed by atoms with van der Waals surface area (Å²) in [5.41, 5.74) is 4.26. The van der Waals surface area contributed by atoms with Crippen molar-refractivity contribution >= 4 is 11.6 Å². The number of methoxy groups -OCH3 is 1. The number of aryl methyl sites for hydroxylation is 1. The molecule has 6 heteroatoms.